The molecule has 0 saturated carbocycles. The Labute approximate surface area is 145 Å². The minimum absolute atomic E-state index is 0.0831. The third-order valence-electron chi connectivity index (χ3n) is 4.04. The van der Waals surface area contributed by atoms with Crippen LogP contribution in [-0.4, -0.2) is 34.0 Å². The molecule has 0 unspecified atom stereocenters. The minimum Gasteiger partial charge on any atom is -0.344 e. The first-order valence-electron chi connectivity index (χ1n) is 7.95. The molecule has 7 heteroatoms. The first-order valence-corrected chi connectivity index (χ1v) is 8.33. The fraction of sp³-hybridized carbons (Fsp3) is 0.353. The minimum atomic E-state index is -0.454. The topological polar surface area (TPSA) is 67.2 Å². The van der Waals surface area contributed by atoms with E-state index in [9.17, 15) is 9.59 Å². The zero-order chi connectivity index (χ0) is 16.9. The Morgan fingerprint density at radius 1 is 1.42 bits per heavy atom. The molecule has 1 aromatic heterocycles. The summed E-state index contributed by atoms with van der Waals surface area (Å²) in [5.74, 6) is -0.179. The van der Waals surface area contributed by atoms with E-state index in [0.717, 1.165) is 12.2 Å². The van der Waals surface area contributed by atoms with Crippen LogP contribution >= 0.6 is 11.6 Å². The van der Waals surface area contributed by atoms with Gasteiger partial charge in [-0.1, -0.05) is 17.7 Å². The van der Waals surface area contributed by atoms with E-state index in [4.69, 9.17) is 11.6 Å². The van der Waals surface area contributed by atoms with Crippen molar-refractivity contribution in [2.75, 3.05) is 11.4 Å². The van der Waals surface area contributed by atoms with Crippen molar-refractivity contribution in [1.29, 1.82) is 0 Å². The van der Waals surface area contributed by atoms with Crippen LogP contribution in [0.4, 0.5) is 5.69 Å². The van der Waals surface area contributed by atoms with Crippen molar-refractivity contribution in [1.82, 2.24) is 14.9 Å². The lowest BCUT2D eigenvalue weighted by Gasteiger charge is -2.17. The molecular weight excluding hydrogens is 328 g/mol. The summed E-state index contributed by atoms with van der Waals surface area (Å²) >= 11 is 5.98. The van der Waals surface area contributed by atoms with Crippen molar-refractivity contribution < 1.29 is 9.59 Å². The maximum atomic E-state index is 12.5. The maximum Gasteiger partial charge on any atom is 0.249 e. The van der Waals surface area contributed by atoms with Gasteiger partial charge in [-0.05, 0) is 31.0 Å². The highest BCUT2D eigenvalue weighted by molar-refractivity contribution is 6.31. The largest absolute Gasteiger partial charge is 0.344 e. The summed E-state index contributed by atoms with van der Waals surface area (Å²) in [7, 11) is 0. The number of imidazole rings is 1. The Kier molecular flexibility index (Phi) is 5.15. The second-order valence-electron chi connectivity index (χ2n) is 5.78. The Hall–Kier alpha value is -2.34. The summed E-state index contributed by atoms with van der Waals surface area (Å²) in [6.45, 7) is 1.32. The lowest BCUT2D eigenvalue weighted by molar-refractivity contribution is -0.126. The standard InChI is InChI=1S/C17H19ClN4O2/c18-13-3-1-4-14(11-13)22-9-6-15(17(22)24)20-16(23)5-2-8-21-10-7-19-12-21/h1,3-4,7,10-12,15H,2,5-6,8-9H2,(H,20,23)/t15-/m1/s1. The van der Waals surface area contributed by atoms with Crippen LogP contribution in [0.1, 0.15) is 19.3 Å². The Morgan fingerprint density at radius 2 is 2.29 bits per heavy atom. The first kappa shape index (κ1) is 16.5. The zero-order valence-corrected chi connectivity index (χ0v) is 13.9. The van der Waals surface area contributed by atoms with Gasteiger partial charge in [0, 0.05) is 42.6 Å². The number of rotatable bonds is 6. The second-order valence-corrected chi connectivity index (χ2v) is 6.22. The van der Waals surface area contributed by atoms with Crippen molar-refractivity contribution in [3.8, 4) is 0 Å². The fourth-order valence-corrected chi connectivity index (χ4v) is 3.01. The molecule has 1 fully saturated rings. The number of anilines is 1. The molecule has 0 aliphatic carbocycles. The van der Waals surface area contributed by atoms with E-state index in [1.54, 1.807) is 29.6 Å². The summed E-state index contributed by atoms with van der Waals surface area (Å²) in [5, 5.41) is 3.43. The Morgan fingerprint density at radius 3 is 3.04 bits per heavy atom. The maximum absolute atomic E-state index is 12.5. The normalized spacial score (nSPS) is 17.3. The summed E-state index contributed by atoms with van der Waals surface area (Å²) in [6, 6.07) is 6.73. The highest BCUT2D eigenvalue weighted by Gasteiger charge is 2.33. The first-order chi connectivity index (χ1) is 11.6. The molecule has 1 N–H and O–H groups in total. The smallest absolute Gasteiger partial charge is 0.249 e. The number of nitrogens with one attached hydrogen (secondary N) is 1. The van der Waals surface area contributed by atoms with Gasteiger partial charge in [0.15, 0.2) is 0 Å². The van der Waals surface area contributed by atoms with Crippen LogP contribution < -0.4 is 10.2 Å². The lowest BCUT2D eigenvalue weighted by Crippen LogP contribution is -2.41. The molecule has 2 heterocycles. The summed E-state index contributed by atoms with van der Waals surface area (Å²) < 4.78 is 1.93. The van der Waals surface area contributed by atoms with Crippen LogP contribution in [0.5, 0.6) is 0 Å². The van der Waals surface area contributed by atoms with Gasteiger partial charge in [-0.3, -0.25) is 9.59 Å². The number of carbonyl (C=O) groups is 2. The lowest BCUT2D eigenvalue weighted by atomic mass is 10.2. The second kappa shape index (κ2) is 7.49. The predicted octanol–water partition coefficient (Wildman–Crippen LogP) is 2.24. The monoisotopic (exact) mass is 346 g/mol. The van der Waals surface area contributed by atoms with E-state index in [1.807, 2.05) is 22.9 Å². The molecule has 1 saturated heterocycles. The van der Waals surface area contributed by atoms with E-state index in [0.29, 0.717) is 30.8 Å². The number of amides is 2. The summed E-state index contributed by atoms with van der Waals surface area (Å²) in [6.07, 6.45) is 7.00. The number of halogens is 1. The van der Waals surface area contributed by atoms with E-state index >= 15 is 0 Å². The molecule has 0 bridgehead atoms. The highest BCUT2D eigenvalue weighted by atomic mass is 35.5. The van der Waals surface area contributed by atoms with Crippen LogP contribution in [0, 0.1) is 0 Å². The number of benzene rings is 1. The number of nitrogens with zero attached hydrogens (tertiary/aromatic N) is 3. The van der Waals surface area contributed by atoms with Gasteiger partial charge < -0.3 is 14.8 Å². The number of carbonyl (C=O) groups excluding carboxylic acids is 2. The molecule has 1 aliphatic rings. The van der Waals surface area contributed by atoms with Gasteiger partial charge in [-0.25, -0.2) is 4.98 Å². The molecule has 0 spiro atoms. The van der Waals surface area contributed by atoms with Crippen molar-refractivity contribution in [3.63, 3.8) is 0 Å². The molecule has 1 aliphatic heterocycles. The van der Waals surface area contributed by atoms with E-state index in [2.05, 4.69) is 10.3 Å². The van der Waals surface area contributed by atoms with Crippen molar-refractivity contribution in [2.24, 2.45) is 0 Å². The molecule has 126 valence electrons. The van der Waals surface area contributed by atoms with Crippen LogP contribution in [0.2, 0.25) is 5.02 Å². The van der Waals surface area contributed by atoms with Gasteiger partial charge in [0.2, 0.25) is 11.8 Å². The molecule has 6 nitrogen and oxygen atoms in total. The van der Waals surface area contributed by atoms with Crippen LogP contribution in [0.3, 0.4) is 0 Å². The van der Waals surface area contributed by atoms with Gasteiger partial charge in [0.25, 0.3) is 0 Å². The molecule has 3 rings (SSSR count). The van der Waals surface area contributed by atoms with Crippen LogP contribution in [-0.2, 0) is 16.1 Å². The Balaban J connectivity index is 1.49. The van der Waals surface area contributed by atoms with E-state index < -0.39 is 6.04 Å². The predicted molar refractivity (Wildman–Crippen MR) is 91.8 cm³/mol. The van der Waals surface area contributed by atoms with Gasteiger partial charge >= 0.3 is 0 Å². The molecule has 2 aromatic rings. The molecule has 24 heavy (non-hydrogen) atoms. The molecule has 0 radical (unpaired) electrons. The molecule has 1 atom stereocenters. The van der Waals surface area contributed by atoms with Crippen molar-refractivity contribution in [3.05, 3.63) is 48.0 Å². The number of hydrogen-bond acceptors (Lipinski definition) is 3. The quantitative estimate of drug-likeness (QED) is 0.872. The summed E-state index contributed by atoms with van der Waals surface area (Å²) in [5.41, 5.74) is 0.768. The molecule has 2 amide bonds. The van der Waals surface area contributed by atoms with Gasteiger partial charge in [0.05, 0.1) is 6.33 Å². The zero-order valence-electron chi connectivity index (χ0n) is 13.2. The molecular formula is C17H19ClN4O2. The Bertz CT molecular complexity index is 717. The number of hydrogen-bond donors (Lipinski definition) is 1. The van der Waals surface area contributed by atoms with Crippen LogP contribution in [0.15, 0.2) is 43.0 Å². The molecule has 1 aromatic carbocycles. The highest BCUT2D eigenvalue weighted by Crippen LogP contribution is 2.24. The average molecular weight is 347 g/mol. The van der Waals surface area contributed by atoms with E-state index in [1.165, 1.54) is 0 Å². The van der Waals surface area contributed by atoms with Gasteiger partial charge in [-0.15, -0.1) is 0 Å². The third-order valence-corrected chi connectivity index (χ3v) is 4.28. The van der Waals surface area contributed by atoms with Gasteiger partial charge in [0.1, 0.15) is 6.04 Å². The SMILES string of the molecule is O=C(CCCn1ccnc1)N[C@@H]1CCN(c2cccc(Cl)c2)C1=O. The number of aromatic nitrogens is 2. The van der Waals surface area contributed by atoms with E-state index in [-0.39, 0.29) is 11.8 Å². The van der Waals surface area contributed by atoms with Gasteiger partial charge in [-0.2, -0.15) is 0 Å². The third kappa shape index (κ3) is 3.94. The van der Waals surface area contributed by atoms with Crippen molar-refractivity contribution >= 4 is 29.1 Å². The summed E-state index contributed by atoms with van der Waals surface area (Å²) in [4.78, 5) is 30.1. The number of aryl methyl sites for hydroxylation is 1. The van der Waals surface area contributed by atoms with Crippen LogP contribution in [0.25, 0.3) is 0 Å². The van der Waals surface area contributed by atoms with Crippen molar-refractivity contribution in [2.45, 2.75) is 31.8 Å². The average Bonchev–Trinajstić information content (AvgIpc) is 3.18. The fourth-order valence-electron chi connectivity index (χ4n) is 2.82.